The van der Waals surface area contributed by atoms with Crippen LogP contribution in [0.4, 0.5) is 17.1 Å². The van der Waals surface area contributed by atoms with Gasteiger partial charge in [-0.25, -0.2) is 0 Å². The van der Waals surface area contributed by atoms with Crippen LogP contribution in [0.5, 0.6) is 0 Å². The van der Waals surface area contributed by atoms with Crippen LogP contribution in [-0.4, -0.2) is 4.57 Å². The van der Waals surface area contributed by atoms with E-state index in [4.69, 9.17) is 0 Å². The fraction of sp³-hybridized carbons (Fsp3) is 0.105. The van der Waals surface area contributed by atoms with E-state index < -0.39 is 0 Å². The average molecular weight is 515 g/mol. The molecule has 0 bridgehead atoms. The molecule has 2 nitrogen and oxygen atoms in total. The van der Waals surface area contributed by atoms with Crippen LogP contribution in [0.2, 0.25) is 0 Å². The van der Waals surface area contributed by atoms with E-state index in [2.05, 4.69) is 158 Å². The maximum absolute atomic E-state index is 2.44. The van der Waals surface area contributed by atoms with Crippen LogP contribution in [0.25, 0.3) is 43.7 Å². The molecule has 2 heterocycles. The molecule has 6 aromatic carbocycles. The summed E-state index contributed by atoms with van der Waals surface area (Å²) in [6.45, 7) is 4.70. The Morgan fingerprint density at radius 2 is 1.27 bits per heavy atom. The lowest BCUT2D eigenvalue weighted by atomic mass is 9.73. The molecule has 2 heteroatoms. The van der Waals surface area contributed by atoms with Crippen LogP contribution in [0.15, 0.2) is 127 Å². The van der Waals surface area contributed by atoms with Crippen LogP contribution >= 0.6 is 0 Å². The first-order chi connectivity index (χ1) is 19.5. The summed E-state index contributed by atoms with van der Waals surface area (Å²) in [5, 5.41) is 5.22. The second-order valence-electron chi connectivity index (χ2n) is 11.5. The van der Waals surface area contributed by atoms with Gasteiger partial charge in [0.05, 0.1) is 11.4 Å². The Balaban J connectivity index is 1.45. The van der Waals surface area contributed by atoms with E-state index in [-0.39, 0.29) is 5.41 Å². The van der Waals surface area contributed by atoms with E-state index in [0.717, 1.165) is 0 Å². The number of anilines is 3. The third-order valence-corrected chi connectivity index (χ3v) is 8.98. The zero-order valence-corrected chi connectivity index (χ0v) is 23.0. The topological polar surface area (TPSA) is 8.17 Å². The SMILES string of the molecule is Cn1c2cccc(-c3ccc4c(c3)N(c3ccccc3)c3ccccc3C4(C)C)c2c2c3ccccc3ccc21. The molecular formula is C38H30N2. The summed E-state index contributed by atoms with van der Waals surface area (Å²) in [4.78, 5) is 2.44. The minimum atomic E-state index is -0.114. The monoisotopic (exact) mass is 514 g/mol. The van der Waals surface area contributed by atoms with Gasteiger partial charge in [-0.15, -0.1) is 0 Å². The number of para-hydroxylation sites is 2. The van der Waals surface area contributed by atoms with Crippen LogP contribution in [-0.2, 0) is 12.5 Å². The zero-order valence-electron chi connectivity index (χ0n) is 23.0. The molecule has 0 saturated carbocycles. The maximum Gasteiger partial charge on any atom is 0.0508 e. The van der Waals surface area contributed by atoms with Crippen molar-refractivity contribution in [1.29, 1.82) is 0 Å². The number of aryl methyl sites for hydroxylation is 1. The van der Waals surface area contributed by atoms with Crippen molar-refractivity contribution in [1.82, 2.24) is 4.57 Å². The molecular weight excluding hydrogens is 484 g/mol. The molecule has 0 atom stereocenters. The summed E-state index contributed by atoms with van der Waals surface area (Å²) >= 11 is 0. The Kier molecular flexibility index (Phi) is 4.82. The molecule has 0 radical (unpaired) electrons. The van der Waals surface area contributed by atoms with Crippen LogP contribution < -0.4 is 4.90 Å². The van der Waals surface area contributed by atoms with E-state index in [1.165, 1.54) is 71.9 Å². The number of nitrogens with zero attached hydrogens (tertiary/aromatic N) is 2. The van der Waals surface area contributed by atoms with Gasteiger partial charge in [0.1, 0.15) is 0 Å². The first-order valence-electron chi connectivity index (χ1n) is 14.0. The lowest BCUT2D eigenvalue weighted by Gasteiger charge is -2.42. The van der Waals surface area contributed by atoms with Gasteiger partial charge in [-0.2, -0.15) is 0 Å². The summed E-state index contributed by atoms with van der Waals surface area (Å²) in [5.74, 6) is 0. The van der Waals surface area contributed by atoms with Gasteiger partial charge in [0.2, 0.25) is 0 Å². The number of rotatable bonds is 2. The number of benzene rings is 6. The Morgan fingerprint density at radius 1 is 0.550 bits per heavy atom. The summed E-state index contributed by atoms with van der Waals surface area (Å²) in [6, 6.07) is 46.7. The summed E-state index contributed by atoms with van der Waals surface area (Å²) in [5.41, 5.74) is 11.3. The standard InChI is InChI=1S/C38H30N2/c1-38(2)30-17-9-10-18-32(30)40(27-13-5-4-6-14-27)35-24-26(20-22-31(35)38)29-16-11-19-33-37(29)36-28-15-8-7-12-25(28)21-23-34(36)39(33)3/h4-24H,1-3H3. The highest BCUT2D eigenvalue weighted by Crippen LogP contribution is 2.53. The molecule has 0 fully saturated rings. The van der Waals surface area contributed by atoms with Gasteiger partial charge >= 0.3 is 0 Å². The van der Waals surface area contributed by atoms with Crippen LogP contribution in [0.1, 0.15) is 25.0 Å². The lowest BCUT2D eigenvalue weighted by molar-refractivity contribution is 0.632. The second-order valence-corrected chi connectivity index (χ2v) is 11.5. The molecule has 0 aliphatic carbocycles. The minimum absolute atomic E-state index is 0.114. The normalized spacial score (nSPS) is 14.0. The highest BCUT2D eigenvalue weighted by Gasteiger charge is 2.37. The van der Waals surface area contributed by atoms with Crippen molar-refractivity contribution < 1.29 is 0 Å². The molecule has 0 saturated heterocycles. The van der Waals surface area contributed by atoms with Crippen molar-refractivity contribution in [3.05, 3.63) is 139 Å². The smallest absolute Gasteiger partial charge is 0.0508 e. The van der Waals surface area contributed by atoms with Crippen LogP contribution in [0.3, 0.4) is 0 Å². The summed E-state index contributed by atoms with van der Waals surface area (Å²) in [6.07, 6.45) is 0. The van der Waals surface area contributed by atoms with Gasteiger partial charge in [-0.05, 0) is 69.4 Å². The highest BCUT2D eigenvalue weighted by atomic mass is 15.2. The quantitative estimate of drug-likeness (QED) is 0.223. The molecule has 192 valence electrons. The van der Waals surface area contributed by atoms with Gasteiger partial charge < -0.3 is 9.47 Å². The minimum Gasteiger partial charge on any atom is -0.344 e. The average Bonchev–Trinajstić information content (AvgIpc) is 3.30. The Hall–Kier alpha value is -4.82. The zero-order chi connectivity index (χ0) is 27.0. The molecule has 1 aliphatic rings. The second kappa shape index (κ2) is 8.34. The van der Waals surface area contributed by atoms with Gasteiger partial charge in [0.15, 0.2) is 0 Å². The van der Waals surface area contributed by atoms with Crippen molar-refractivity contribution >= 4 is 49.6 Å². The summed E-state index contributed by atoms with van der Waals surface area (Å²) in [7, 11) is 2.19. The van der Waals surface area contributed by atoms with E-state index in [9.17, 15) is 0 Å². The fourth-order valence-electron chi connectivity index (χ4n) is 6.99. The number of hydrogen-bond acceptors (Lipinski definition) is 1. The summed E-state index contributed by atoms with van der Waals surface area (Å²) < 4.78 is 2.34. The number of fused-ring (bicyclic) bond motifs is 7. The van der Waals surface area contributed by atoms with Gasteiger partial charge in [-0.1, -0.05) is 105 Å². The molecule has 1 aliphatic heterocycles. The molecule has 1 aromatic heterocycles. The molecule has 8 rings (SSSR count). The molecule has 0 amide bonds. The Labute approximate surface area is 234 Å². The fourth-order valence-corrected chi connectivity index (χ4v) is 6.99. The van der Waals surface area contributed by atoms with Crippen molar-refractivity contribution in [2.45, 2.75) is 19.3 Å². The van der Waals surface area contributed by atoms with E-state index >= 15 is 0 Å². The largest absolute Gasteiger partial charge is 0.344 e. The van der Waals surface area contributed by atoms with E-state index in [0.29, 0.717) is 0 Å². The van der Waals surface area contributed by atoms with Crippen molar-refractivity contribution in [3.8, 4) is 11.1 Å². The first kappa shape index (κ1) is 23.1. The van der Waals surface area contributed by atoms with Crippen LogP contribution in [0, 0.1) is 0 Å². The molecule has 40 heavy (non-hydrogen) atoms. The third kappa shape index (κ3) is 3.11. The third-order valence-electron chi connectivity index (χ3n) is 8.98. The van der Waals surface area contributed by atoms with Gasteiger partial charge in [0.25, 0.3) is 0 Å². The Bertz CT molecular complexity index is 2100. The van der Waals surface area contributed by atoms with E-state index in [1.807, 2.05) is 0 Å². The number of aromatic nitrogens is 1. The van der Waals surface area contributed by atoms with Gasteiger partial charge in [0, 0.05) is 40.0 Å². The Morgan fingerprint density at radius 3 is 2.15 bits per heavy atom. The van der Waals surface area contributed by atoms with Crippen molar-refractivity contribution in [3.63, 3.8) is 0 Å². The maximum atomic E-state index is 2.44. The molecule has 0 N–H and O–H groups in total. The molecule has 7 aromatic rings. The lowest BCUT2D eigenvalue weighted by Crippen LogP contribution is -2.30. The first-order valence-corrected chi connectivity index (χ1v) is 14.0. The van der Waals surface area contributed by atoms with Crippen molar-refractivity contribution in [2.24, 2.45) is 7.05 Å². The van der Waals surface area contributed by atoms with Gasteiger partial charge in [-0.3, -0.25) is 0 Å². The predicted molar refractivity (Wildman–Crippen MR) is 170 cm³/mol. The van der Waals surface area contributed by atoms with Crippen molar-refractivity contribution in [2.75, 3.05) is 4.90 Å². The molecule has 0 unspecified atom stereocenters. The highest BCUT2D eigenvalue weighted by molar-refractivity contribution is 6.24. The predicted octanol–water partition coefficient (Wildman–Crippen LogP) is 10.3. The molecule has 0 spiro atoms. The number of hydrogen-bond donors (Lipinski definition) is 0. The van der Waals surface area contributed by atoms with E-state index in [1.54, 1.807) is 0 Å².